The fourth-order valence-corrected chi connectivity index (χ4v) is 1.11. The molecule has 1 rings (SSSR count). The minimum Gasteiger partial charge on any atom is -0.508 e. The van der Waals surface area contributed by atoms with Crippen molar-refractivity contribution in [3.8, 4) is 5.75 Å². The average molecular weight is 165 g/mol. The Kier molecular flexibility index (Phi) is 3.11. The van der Waals surface area contributed by atoms with Gasteiger partial charge >= 0.3 is 0 Å². The molecule has 12 heavy (non-hydrogen) atoms. The molecule has 2 heteroatoms. The maximum atomic E-state index is 9.40. The molecular formula is C10H15NO. The molecule has 0 spiro atoms. The smallest absolute Gasteiger partial charge is 0.118 e. The molecular weight excluding hydrogens is 150 g/mol. The molecule has 0 amide bonds. The minimum atomic E-state index is 0.151. The summed E-state index contributed by atoms with van der Waals surface area (Å²) >= 11 is 0. The second-order valence-electron chi connectivity index (χ2n) is 3.00. The lowest BCUT2D eigenvalue weighted by Gasteiger charge is -2.09. The van der Waals surface area contributed by atoms with E-state index in [-0.39, 0.29) is 6.04 Å². The molecule has 0 aromatic heterocycles. The number of phenols is 1. The first-order valence-electron chi connectivity index (χ1n) is 4.26. The molecule has 0 heterocycles. The monoisotopic (exact) mass is 165 g/mol. The highest BCUT2D eigenvalue weighted by Gasteiger charge is 2.04. The van der Waals surface area contributed by atoms with Gasteiger partial charge in [0.25, 0.3) is 0 Å². The third-order valence-corrected chi connectivity index (χ3v) is 2.00. The van der Waals surface area contributed by atoms with Crippen LogP contribution in [0.2, 0.25) is 0 Å². The molecule has 1 atom stereocenters. The van der Waals surface area contributed by atoms with E-state index in [2.05, 4.69) is 0 Å². The minimum absolute atomic E-state index is 0.151. The summed E-state index contributed by atoms with van der Waals surface area (Å²) in [6.07, 6.45) is 1.69. The second-order valence-corrected chi connectivity index (χ2v) is 3.00. The number of nitrogens with two attached hydrogens (primary N) is 1. The van der Waals surface area contributed by atoms with Gasteiger partial charge in [-0.1, -0.05) is 25.1 Å². The fraction of sp³-hybridized carbons (Fsp3) is 0.400. The van der Waals surface area contributed by atoms with Gasteiger partial charge in [-0.05, 0) is 24.5 Å². The number of rotatable bonds is 3. The molecule has 0 fully saturated rings. The van der Waals surface area contributed by atoms with Crippen molar-refractivity contribution < 1.29 is 5.11 Å². The van der Waals surface area contributed by atoms with Crippen LogP contribution < -0.4 is 5.73 Å². The highest BCUT2D eigenvalue weighted by Crippen LogP contribution is 2.17. The predicted molar refractivity (Wildman–Crippen MR) is 50.1 cm³/mol. The first-order valence-corrected chi connectivity index (χ1v) is 4.26. The zero-order valence-electron chi connectivity index (χ0n) is 7.33. The Balaban J connectivity index is 2.69. The topological polar surface area (TPSA) is 46.2 Å². The Labute approximate surface area is 73.0 Å². The lowest BCUT2D eigenvalue weighted by atomic mass is 10.0. The van der Waals surface area contributed by atoms with Crippen molar-refractivity contribution in [1.82, 2.24) is 0 Å². The number of benzene rings is 1. The fourth-order valence-electron chi connectivity index (χ4n) is 1.11. The van der Waals surface area contributed by atoms with Crippen LogP contribution in [0.1, 0.15) is 18.9 Å². The summed E-state index contributed by atoms with van der Waals surface area (Å²) in [5, 5.41) is 9.40. The third kappa shape index (κ3) is 2.24. The molecule has 0 saturated heterocycles. The molecule has 1 aromatic carbocycles. The van der Waals surface area contributed by atoms with Crippen LogP contribution in [0.5, 0.6) is 5.75 Å². The van der Waals surface area contributed by atoms with Gasteiger partial charge in [-0.25, -0.2) is 0 Å². The summed E-state index contributed by atoms with van der Waals surface area (Å²) in [4.78, 5) is 0. The van der Waals surface area contributed by atoms with E-state index in [1.807, 2.05) is 25.1 Å². The molecule has 0 aliphatic rings. The van der Waals surface area contributed by atoms with Crippen LogP contribution in [-0.2, 0) is 6.42 Å². The molecule has 0 radical (unpaired) electrons. The standard InChI is InChI=1S/C10H15NO/c1-2-9(11)7-8-5-3-4-6-10(8)12/h3-6,9,12H,2,7,11H2,1H3. The summed E-state index contributed by atoms with van der Waals surface area (Å²) < 4.78 is 0. The SMILES string of the molecule is CCC(N)Cc1ccccc1O. The number of para-hydroxylation sites is 1. The molecule has 0 saturated carbocycles. The van der Waals surface area contributed by atoms with Crippen LogP contribution in [0.3, 0.4) is 0 Å². The van der Waals surface area contributed by atoms with E-state index in [1.54, 1.807) is 6.07 Å². The summed E-state index contributed by atoms with van der Waals surface area (Å²) in [5.41, 5.74) is 6.70. The molecule has 1 unspecified atom stereocenters. The Bertz CT molecular complexity index is 247. The molecule has 3 N–H and O–H groups in total. The lowest BCUT2D eigenvalue weighted by molar-refractivity contribution is 0.464. The largest absolute Gasteiger partial charge is 0.508 e. The molecule has 1 aromatic rings. The van der Waals surface area contributed by atoms with Gasteiger partial charge in [-0.2, -0.15) is 0 Å². The van der Waals surface area contributed by atoms with Gasteiger partial charge in [0.15, 0.2) is 0 Å². The van der Waals surface area contributed by atoms with Crippen LogP contribution in [0, 0.1) is 0 Å². The van der Waals surface area contributed by atoms with Crippen LogP contribution in [0.25, 0.3) is 0 Å². The average Bonchev–Trinajstić information content (AvgIpc) is 2.09. The Hall–Kier alpha value is -1.02. The molecule has 66 valence electrons. The first kappa shape index (κ1) is 9.07. The molecule has 2 nitrogen and oxygen atoms in total. The second kappa shape index (κ2) is 4.12. The molecule has 0 bridgehead atoms. The van der Waals surface area contributed by atoms with Crippen molar-refractivity contribution in [2.75, 3.05) is 0 Å². The van der Waals surface area contributed by atoms with E-state index in [9.17, 15) is 5.11 Å². The van der Waals surface area contributed by atoms with Crippen LogP contribution >= 0.6 is 0 Å². The summed E-state index contributed by atoms with van der Waals surface area (Å²) in [5.74, 6) is 0.349. The Morgan fingerprint density at radius 2 is 2.08 bits per heavy atom. The number of hydrogen-bond acceptors (Lipinski definition) is 2. The van der Waals surface area contributed by atoms with Gasteiger partial charge < -0.3 is 10.8 Å². The van der Waals surface area contributed by atoms with E-state index in [4.69, 9.17) is 5.73 Å². The van der Waals surface area contributed by atoms with Crippen molar-refractivity contribution >= 4 is 0 Å². The normalized spacial score (nSPS) is 12.8. The van der Waals surface area contributed by atoms with Crippen LogP contribution in [0.4, 0.5) is 0 Å². The van der Waals surface area contributed by atoms with Gasteiger partial charge in [0.2, 0.25) is 0 Å². The van der Waals surface area contributed by atoms with Crippen molar-refractivity contribution in [2.24, 2.45) is 5.73 Å². The maximum absolute atomic E-state index is 9.40. The summed E-state index contributed by atoms with van der Waals surface area (Å²) in [7, 11) is 0. The number of aromatic hydroxyl groups is 1. The molecule has 0 aliphatic carbocycles. The lowest BCUT2D eigenvalue weighted by Crippen LogP contribution is -2.21. The third-order valence-electron chi connectivity index (χ3n) is 2.00. The highest BCUT2D eigenvalue weighted by molar-refractivity contribution is 5.32. The highest BCUT2D eigenvalue weighted by atomic mass is 16.3. The Morgan fingerprint density at radius 3 is 2.67 bits per heavy atom. The van der Waals surface area contributed by atoms with Gasteiger partial charge in [-0.3, -0.25) is 0 Å². The van der Waals surface area contributed by atoms with Gasteiger partial charge in [-0.15, -0.1) is 0 Å². The van der Waals surface area contributed by atoms with Crippen molar-refractivity contribution in [3.05, 3.63) is 29.8 Å². The van der Waals surface area contributed by atoms with Crippen molar-refractivity contribution in [2.45, 2.75) is 25.8 Å². The van der Waals surface area contributed by atoms with Crippen molar-refractivity contribution in [1.29, 1.82) is 0 Å². The van der Waals surface area contributed by atoms with Crippen LogP contribution in [-0.4, -0.2) is 11.1 Å². The maximum Gasteiger partial charge on any atom is 0.118 e. The van der Waals surface area contributed by atoms with E-state index >= 15 is 0 Å². The predicted octanol–water partition coefficient (Wildman–Crippen LogP) is 1.67. The summed E-state index contributed by atoms with van der Waals surface area (Å²) in [6, 6.07) is 7.48. The van der Waals surface area contributed by atoms with E-state index < -0.39 is 0 Å². The van der Waals surface area contributed by atoms with Gasteiger partial charge in [0.05, 0.1) is 0 Å². The zero-order chi connectivity index (χ0) is 8.97. The number of phenolic OH excluding ortho intramolecular Hbond substituents is 1. The van der Waals surface area contributed by atoms with E-state index in [1.165, 1.54) is 0 Å². The zero-order valence-corrected chi connectivity index (χ0v) is 7.33. The Morgan fingerprint density at radius 1 is 1.42 bits per heavy atom. The van der Waals surface area contributed by atoms with Gasteiger partial charge in [0.1, 0.15) is 5.75 Å². The van der Waals surface area contributed by atoms with Crippen molar-refractivity contribution in [3.63, 3.8) is 0 Å². The first-order chi connectivity index (χ1) is 5.74. The van der Waals surface area contributed by atoms with Crippen LogP contribution in [0.15, 0.2) is 24.3 Å². The van der Waals surface area contributed by atoms with Gasteiger partial charge in [0, 0.05) is 6.04 Å². The van der Waals surface area contributed by atoms with E-state index in [0.717, 1.165) is 18.4 Å². The quantitative estimate of drug-likeness (QED) is 0.715. The molecule has 0 aliphatic heterocycles. The number of hydrogen-bond donors (Lipinski definition) is 2. The van der Waals surface area contributed by atoms with E-state index in [0.29, 0.717) is 5.75 Å². The summed E-state index contributed by atoms with van der Waals surface area (Å²) in [6.45, 7) is 2.05.